The molecule has 2 aromatic rings. The summed E-state index contributed by atoms with van der Waals surface area (Å²) in [5.41, 5.74) is 2.29. The van der Waals surface area contributed by atoms with Crippen LogP contribution in [0.4, 0.5) is 15.8 Å². The van der Waals surface area contributed by atoms with E-state index in [1.807, 2.05) is 43.3 Å². The second-order valence-electron chi connectivity index (χ2n) is 8.52. The molecule has 0 aromatic heterocycles. The van der Waals surface area contributed by atoms with Crippen LogP contribution in [0.2, 0.25) is 0 Å². The summed E-state index contributed by atoms with van der Waals surface area (Å²) in [5, 5.41) is 11.8. The number of hydrogen-bond acceptors (Lipinski definition) is 6. The van der Waals surface area contributed by atoms with Gasteiger partial charge in [-0.2, -0.15) is 0 Å². The topological polar surface area (TPSA) is 62.1 Å². The lowest BCUT2D eigenvalue weighted by Gasteiger charge is -2.26. The van der Waals surface area contributed by atoms with Gasteiger partial charge in [-0.3, -0.25) is 15.0 Å². The lowest BCUT2D eigenvalue weighted by atomic mass is 10.0. The number of nitrogens with zero attached hydrogens (tertiary/aromatic N) is 4. The van der Waals surface area contributed by atoms with Gasteiger partial charge in [0.15, 0.2) is 0 Å². The maximum atomic E-state index is 15.2. The van der Waals surface area contributed by atoms with Crippen LogP contribution in [0.1, 0.15) is 12.0 Å². The van der Waals surface area contributed by atoms with E-state index < -0.39 is 10.7 Å². The number of morpholine rings is 1. The van der Waals surface area contributed by atoms with E-state index in [2.05, 4.69) is 9.80 Å². The summed E-state index contributed by atoms with van der Waals surface area (Å²) in [6, 6.07) is 10.6. The maximum absolute atomic E-state index is 15.2. The normalized spacial score (nSPS) is 19.9. The van der Waals surface area contributed by atoms with Crippen LogP contribution in [-0.4, -0.2) is 74.3 Å². The summed E-state index contributed by atoms with van der Waals surface area (Å²) in [6.45, 7) is 5.24. The molecule has 0 saturated carbocycles. The second-order valence-corrected chi connectivity index (χ2v) is 8.52. The molecule has 2 aromatic carbocycles. The van der Waals surface area contributed by atoms with E-state index in [1.54, 1.807) is 0 Å². The molecule has 166 valence electrons. The van der Waals surface area contributed by atoms with Crippen LogP contribution in [0.15, 0.2) is 36.4 Å². The maximum Gasteiger partial charge on any atom is 0.293 e. The van der Waals surface area contributed by atoms with Gasteiger partial charge in [0.1, 0.15) is 11.5 Å². The molecule has 0 radical (unpaired) electrons. The van der Waals surface area contributed by atoms with Crippen LogP contribution in [0.3, 0.4) is 0 Å². The Balaban J connectivity index is 1.63. The summed E-state index contributed by atoms with van der Waals surface area (Å²) in [5.74, 6) is -0.433. The Hall–Kier alpha value is -2.55. The van der Waals surface area contributed by atoms with Gasteiger partial charge < -0.3 is 14.5 Å². The molecule has 0 aliphatic carbocycles. The van der Waals surface area contributed by atoms with E-state index in [0.29, 0.717) is 43.6 Å². The van der Waals surface area contributed by atoms with E-state index in [-0.39, 0.29) is 11.3 Å². The molecule has 2 aliphatic rings. The van der Waals surface area contributed by atoms with E-state index in [4.69, 9.17) is 4.74 Å². The van der Waals surface area contributed by atoms with Crippen LogP contribution in [-0.2, 0) is 11.3 Å². The first-order chi connectivity index (χ1) is 14.9. The number of anilines is 1. The molecule has 0 amide bonds. The first-order valence-corrected chi connectivity index (χ1v) is 10.7. The highest BCUT2D eigenvalue weighted by atomic mass is 19.1. The largest absolute Gasteiger partial charge is 0.379 e. The van der Waals surface area contributed by atoms with Crippen molar-refractivity contribution in [2.45, 2.75) is 19.0 Å². The Morgan fingerprint density at radius 1 is 1.19 bits per heavy atom. The summed E-state index contributed by atoms with van der Waals surface area (Å²) < 4.78 is 20.6. The molecule has 4 rings (SSSR count). The predicted molar refractivity (Wildman–Crippen MR) is 119 cm³/mol. The van der Waals surface area contributed by atoms with Crippen molar-refractivity contribution in [1.29, 1.82) is 0 Å². The third kappa shape index (κ3) is 4.87. The van der Waals surface area contributed by atoms with Crippen LogP contribution in [0.25, 0.3) is 11.1 Å². The minimum absolute atomic E-state index is 0.0469. The minimum atomic E-state index is -0.433. The monoisotopic (exact) mass is 428 g/mol. The summed E-state index contributed by atoms with van der Waals surface area (Å²) in [6.07, 6.45) is 0.900. The van der Waals surface area contributed by atoms with E-state index in [1.165, 1.54) is 12.1 Å². The number of nitro groups is 1. The van der Waals surface area contributed by atoms with Crippen molar-refractivity contribution in [2.24, 2.45) is 0 Å². The Labute approximate surface area is 182 Å². The molecule has 8 heteroatoms. The van der Waals surface area contributed by atoms with Crippen molar-refractivity contribution in [3.05, 3.63) is 57.9 Å². The number of rotatable bonds is 6. The van der Waals surface area contributed by atoms with Crippen molar-refractivity contribution in [3.8, 4) is 11.1 Å². The number of ether oxygens (including phenoxy) is 1. The number of benzene rings is 2. The third-order valence-electron chi connectivity index (χ3n) is 6.24. The average Bonchev–Trinajstić information content (AvgIpc) is 3.25. The molecular formula is C23H29FN4O3. The summed E-state index contributed by atoms with van der Waals surface area (Å²) in [7, 11) is 3.99. The van der Waals surface area contributed by atoms with E-state index in [0.717, 1.165) is 31.6 Å². The van der Waals surface area contributed by atoms with Gasteiger partial charge in [-0.25, -0.2) is 4.39 Å². The molecule has 0 bridgehead atoms. The minimum Gasteiger partial charge on any atom is -0.379 e. The predicted octanol–water partition coefficient (Wildman–Crippen LogP) is 3.37. The molecular weight excluding hydrogens is 399 g/mol. The third-order valence-corrected chi connectivity index (χ3v) is 6.24. The quantitative estimate of drug-likeness (QED) is 0.519. The van der Waals surface area contributed by atoms with Gasteiger partial charge in [0.25, 0.3) is 5.69 Å². The lowest BCUT2D eigenvalue weighted by molar-refractivity contribution is -0.384. The number of likely N-dealkylation sites (N-methyl/N-ethyl adjacent to an activating group) is 1. The first-order valence-electron chi connectivity index (χ1n) is 10.7. The van der Waals surface area contributed by atoms with Crippen LogP contribution >= 0.6 is 0 Å². The average molecular weight is 429 g/mol. The van der Waals surface area contributed by atoms with Gasteiger partial charge in [0.05, 0.1) is 18.1 Å². The molecule has 2 saturated heterocycles. The van der Waals surface area contributed by atoms with Gasteiger partial charge in [0, 0.05) is 56.5 Å². The van der Waals surface area contributed by atoms with Gasteiger partial charge in [-0.1, -0.05) is 18.2 Å². The zero-order chi connectivity index (χ0) is 22.0. The number of hydrogen-bond donors (Lipinski definition) is 0. The molecule has 0 N–H and O–H groups in total. The van der Waals surface area contributed by atoms with Crippen molar-refractivity contribution < 1.29 is 14.1 Å². The molecule has 2 fully saturated rings. The van der Waals surface area contributed by atoms with Crippen molar-refractivity contribution in [3.63, 3.8) is 0 Å². The van der Waals surface area contributed by atoms with Crippen LogP contribution < -0.4 is 4.90 Å². The molecule has 1 atom stereocenters. The van der Waals surface area contributed by atoms with Crippen LogP contribution in [0, 0.1) is 15.9 Å². The van der Waals surface area contributed by atoms with Gasteiger partial charge in [-0.05, 0) is 37.7 Å². The van der Waals surface area contributed by atoms with Gasteiger partial charge >= 0.3 is 0 Å². The Morgan fingerprint density at radius 2 is 1.97 bits per heavy atom. The van der Waals surface area contributed by atoms with E-state index >= 15 is 4.39 Å². The van der Waals surface area contributed by atoms with Crippen molar-refractivity contribution in [2.75, 3.05) is 58.4 Å². The van der Waals surface area contributed by atoms with Gasteiger partial charge in [-0.15, -0.1) is 0 Å². The van der Waals surface area contributed by atoms with E-state index in [9.17, 15) is 10.1 Å². The smallest absolute Gasteiger partial charge is 0.293 e. The fourth-order valence-corrected chi connectivity index (χ4v) is 4.41. The molecule has 7 nitrogen and oxygen atoms in total. The molecule has 2 heterocycles. The first kappa shape index (κ1) is 21.7. The Kier molecular flexibility index (Phi) is 6.50. The lowest BCUT2D eigenvalue weighted by Crippen LogP contribution is -2.35. The Bertz CT molecular complexity index is 946. The fourth-order valence-electron chi connectivity index (χ4n) is 4.41. The zero-order valence-corrected chi connectivity index (χ0v) is 18.1. The second kappa shape index (κ2) is 9.30. The SMILES string of the molecule is CN(C)C1CCN(c2cc(F)c(-c3cccc(CN4CCOCC4)c3)cc2[N+](=O)[O-])C1. The number of nitro benzene ring substituents is 1. The standard InChI is InChI=1S/C23H29FN4O3/c1-25(2)19-6-7-27(16-19)22-14-21(24)20(13-23(22)28(29)30)18-5-3-4-17(12-18)15-26-8-10-31-11-9-26/h3-5,12-14,19H,6-11,15-16H2,1-2H3. The highest BCUT2D eigenvalue weighted by Gasteiger charge is 2.30. The van der Waals surface area contributed by atoms with Crippen LogP contribution in [0.5, 0.6) is 0 Å². The molecule has 0 spiro atoms. The highest BCUT2D eigenvalue weighted by molar-refractivity contribution is 5.75. The fraction of sp³-hybridized carbons (Fsp3) is 0.478. The summed E-state index contributed by atoms with van der Waals surface area (Å²) >= 11 is 0. The van der Waals surface area contributed by atoms with Gasteiger partial charge in [0.2, 0.25) is 0 Å². The number of halogens is 1. The van der Waals surface area contributed by atoms with Crippen molar-refractivity contribution >= 4 is 11.4 Å². The molecule has 31 heavy (non-hydrogen) atoms. The summed E-state index contributed by atoms with van der Waals surface area (Å²) in [4.78, 5) is 17.8. The molecule has 2 aliphatic heterocycles. The Morgan fingerprint density at radius 3 is 2.65 bits per heavy atom. The highest BCUT2D eigenvalue weighted by Crippen LogP contribution is 2.37. The zero-order valence-electron chi connectivity index (χ0n) is 18.1. The van der Waals surface area contributed by atoms with Crippen molar-refractivity contribution in [1.82, 2.24) is 9.80 Å². The molecule has 1 unspecified atom stereocenters.